The average Bonchev–Trinajstić information content (AvgIpc) is 2.48. The second-order valence-electron chi connectivity index (χ2n) is 5.76. The van der Waals surface area contributed by atoms with Crippen LogP contribution in [0.25, 0.3) is 0 Å². The molecule has 4 heteroatoms. The number of hydrogen-bond acceptors (Lipinski definition) is 4. The number of nitrogens with zero attached hydrogens (tertiary/aromatic N) is 2. The predicted octanol–water partition coefficient (Wildman–Crippen LogP) is 2.29. The van der Waals surface area contributed by atoms with Crippen LogP contribution in [0.2, 0.25) is 0 Å². The molecule has 0 radical (unpaired) electrons. The maximum atomic E-state index is 12.5. The number of Topliss-reactive ketones (excluding diaryl/α,β-unsaturated/α-hetero) is 1. The number of benzene rings is 1. The van der Waals surface area contributed by atoms with Crippen LogP contribution in [0.3, 0.4) is 0 Å². The topological polar surface area (TPSA) is 32.8 Å². The van der Waals surface area contributed by atoms with Crippen molar-refractivity contribution in [2.45, 2.75) is 26.8 Å². The van der Waals surface area contributed by atoms with Crippen LogP contribution in [0.15, 0.2) is 24.3 Å². The third kappa shape index (κ3) is 4.29. The maximum Gasteiger partial charge on any atom is 0.180 e. The fourth-order valence-electron chi connectivity index (χ4n) is 2.70. The van der Waals surface area contributed by atoms with Gasteiger partial charge in [0.25, 0.3) is 0 Å². The van der Waals surface area contributed by atoms with E-state index in [1.165, 1.54) is 0 Å². The fraction of sp³-hybridized carbons (Fsp3) is 0.588. The van der Waals surface area contributed by atoms with Gasteiger partial charge in [-0.05, 0) is 32.9 Å². The molecule has 1 heterocycles. The molecule has 1 saturated heterocycles. The first-order valence-electron chi connectivity index (χ1n) is 7.83. The lowest BCUT2D eigenvalue weighted by atomic mass is 10.1. The normalized spacial score (nSPS) is 17.1. The SMILES string of the molecule is CCOc1ccccc1C(=O)CN1CCN(C(C)C)CC1. The van der Waals surface area contributed by atoms with E-state index in [1.807, 2.05) is 31.2 Å². The van der Waals surface area contributed by atoms with Crippen LogP contribution in [-0.2, 0) is 0 Å². The Morgan fingerprint density at radius 2 is 1.86 bits per heavy atom. The van der Waals surface area contributed by atoms with Gasteiger partial charge < -0.3 is 4.74 Å². The van der Waals surface area contributed by atoms with Gasteiger partial charge in [0.1, 0.15) is 5.75 Å². The highest BCUT2D eigenvalue weighted by molar-refractivity contribution is 6.00. The molecule has 0 aliphatic carbocycles. The molecule has 0 spiro atoms. The monoisotopic (exact) mass is 290 g/mol. The van der Waals surface area contributed by atoms with Crippen LogP contribution >= 0.6 is 0 Å². The first-order chi connectivity index (χ1) is 10.1. The molecule has 21 heavy (non-hydrogen) atoms. The van der Waals surface area contributed by atoms with Gasteiger partial charge in [0.05, 0.1) is 18.7 Å². The van der Waals surface area contributed by atoms with Crippen LogP contribution in [0.1, 0.15) is 31.1 Å². The predicted molar refractivity (Wildman–Crippen MR) is 85.1 cm³/mol. The van der Waals surface area contributed by atoms with Crippen LogP contribution in [0.4, 0.5) is 0 Å². The molecular formula is C17H26N2O2. The van der Waals surface area contributed by atoms with Gasteiger partial charge in [0.15, 0.2) is 5.78 Å². The van der Waals surface area contributed by atoms with Crippen molar-refractivity contribution in [3.8, 4) is 5.75 Å². The van der Waals surface area contributed by atoms with Crippen molar-refractivity contribution in [3.63, 3.8) is 0 Å². The summed E-state index contributed by atoms with van der Waals surface area (Å²) in [6.07, 6.45) is 0. The molecule has 1 aromatic carbocycles. The van der Waals surface area contributed by atoms with E-state index in [0.29, 0.717) is 30.5 Å². The molecule has 1 fully saturated rings. The van der Waals surface area contributed by atoms with Gasteiger partial charge in [0.2, 0.25) is 0 Å². The Bertz CT molecular complexity index is 466. The van der Waals surface area contributed by atoms with E-state index >= 15 is 0 Å². The highest BCUT2D eigenvalue weighted by Gasteiger charge is 2.22. The highest BCUT2D eigenvalue weighted by atomic mass is 16.5. The van der Waals surface area contributed by atoms with E-state index in [0.717, 1.165) is 26.2 Å². The quantitative estimate of drug-likeness (QED) is 0.753. The van der Waals surface area contributed by atoms with Gasteiger partial charge in [-0.25, -0.2) is 0 Å². The number of carbonyl (C=O) groups is 1. The third-order valence-electron chi connectivity index (χ3n) is 3.99. The van der Waals surface area contributed by atoms with Gasteiger partial charge in [-0.2, -0.15) is 0 Å². The van der Waals surface area contributed by atoms with Crippen molar-refractivity contribution in [3.05, 3.63) is 29.8 Å². The molecule has 116 valence electrons. The second kappa shape index (κ2) is 7.57. The summed E-state index contributed by atoms with van der Waals surface area (Å²) < 4.78 is 5.55. The summed E-state index contributed by atoms with van der Waals surface area (Å²) in [5, 5.41) is 0. The highest BCUT2D eigenvalue weighted by Crippen LogP contribution is 2.19. The Labute approximate surface area is 127 Å². The fourth-order valence-corrected chi connectivity index (χ4v) is 2.70. The van der Waals surface area contributed by atoms with Crippen molar-refractivity contribution in [1.29, 1.82) is 0 Å². The van der Waals surface area contributed by atoms with Gasteiger partial charge in [-0.3, -0.25) is 14.6 Å². The zero-order valence-corrected chi connectivity index (χ0v) is 13.3. The summed E-state index contributed by atoms with van der Waals surface area (Å²) in [5.41, 5.74) is 0.700. The zero-order valence-electron chi connectivity index (χ0n) is 13.3. The molecule has 1 aliphatic heterocycles. The van der Waals surface area contributed by atoms with Crippen molar-refractivity contribution < 1.29 is 9.53 Å². The number of hydrogen-bond donors (Lipinski definition) is 0. The molecule has 0 aromatic heterocycles. The summed E-state index contributed by atoms with van der Waals surface area (Å²) >= 11 is 0. The number of piperazine rings is 1. The lowest BCUT2D eigenvalue weighted by Crippen LogP contribution is -2.50. The molecule has 0 unspecified atom stereocenters. The van der Waals surface area contributed by atoms with E-state index < -0.39 is 0 Å². The molecule has 1 aromatic rings. The van der Waals surface area contributed by atoms with E-state index in [1.54, 1.807) is 0 Å². The standard InChI is InChI=1S/C17H26N2O2/c1-4-21-17-8-6-5-7-15(17)16(20)13-18-9-11-19(12-10-18)14(2)3/h5-8,14H,4,9-13H2,1-3H3. The average molecular weight is 290 g/mol. The van der Waals surface area contributed by atoms with E-state index in [4.69, 9.17) is 4.74 Å². The first-order valence-corrected chi connectivity index (χ1v) is 7.83. The van der Waals surface area contributed by atoms with E-state index in [-0.39, 0.29) is 5.78 Å². The van der Waals surface area contributed by atoms with Crippen molar-refractivity contribution >= 4 is 5.78 Å². The van der Waals surface area contributed by atoms with Gasteiger partial charge >= 0.3 is 0 Å². The number of ketones is 1. The van der Waals surface area contributed by atoms with Crippen LogP contribution in [-0.4, -0.2) is 61.0 Å². The number of carbonyl (C=O) groups excluding carboxylic acids is 1. The largest absolute Gasteiger partial charge is 0.493 e. The van der Waals surface area contributed by atoms with Crippen molar-refractivity contribution in [2.24, 2.45) is 0 Å². The Morgan fingerprint density at radius 1 is 1.19 bits per heavy atom. The van der Waals surface area contributed by atoms with Gasteiger partial charge in [0, 0.05) is 32.2 Å². The minimum Gasteiger partial charge on any atom is -0.493 e. The van der Waals surface area contributed by atoms with Gasteiger partial charge in [-0.1, -0.05) is 12.1 Å². The third-order valence-corrected chi connectivity index (χ3v) is 3.99. The molecule has 0 atom stereocenters. The van der Waals surface area contributed by atoms with Crippen LogP contribution < -0.4 is 4.74 Å². The summed E-state index contributed by atoms with van der Waals surface area (Å²) in [6.45, 7) is 11.4. The molecular weight excluding hydrogens is 264 g/mol. The lowest BCUT2D eigenvalue weighted by molar-refractivity contribution is 0.0804. The Kier molecular flexibility index (Phi) is 5.76. The lowest BCUT2D eigenvalue weighted by Gasteiger charge is -2.36. The van der Waals surface area contributed by atoms with Crippen molar-refractivity contribution in [2.75, 3.05) is 39.3 Å². The minimum absolute atomic E-state index is 0.150. The second-order valence-corrected chi connectivity index (χ2v) is 5.76. The van der Waals surface area contributed by atoms with E-state index in [2.05, 4.69) is 23.6 Å². The minimum atomic E-state index is 0.150. The van der Waals surface area contributed by atoms with E-state index in [9.17, 15) is 4.79 Å². The zero-order chi connectivity index (χ0) is 15.2. The van der Waals surface area contributed by atoms with Crippen LogP contribution in [0, 0.1) is 0 Å². The molecule has 0 N–H and O–H groups in total. The summed E-state index contributed by atoms with van der Waals surface area (Å²) in [7, 11) is 0. The Balaban J connectivity index is 1.93. The number of ether oxygens (including phenoxy) is 1. The van der Waals surface area contributed by atoms with Crippen molar-refractivity contribution in [1.82, 2.24) is 9.80 Å². The Morgan fingerprint density at radius 3 is 2.48 bits per heavy atom. The summed E-state index contributed by atoms with van der Waals surface area (Å²) in [5.74, 6) is 0.850. The number of para-hydroxylation sites is 1. The summed E-state index contributed by atoms with van der Waals surface area (Å²) in [6, 6.07) is 8.11. The summed E-state index contributed by atoms with van der Waals surface area (Å²) in [4.78, 5) is 17.2. The first kappa shape index (κ1) is 16.0. The number of rotatable bonds is 6. The smallest absolute Gasteiger partial charge is 0.180 e. The molecule has 0 bridgehead atoms. The maximum absolute atomic E-state index is 12.5. The van der Waals surface area contributed by atoms with Gasteiger partial charge in [-0.15, -0.1) is 0 Å². The molecule has 0 saturated carbocycles. The van der Waals surface area contributed by atoms with Crippen LogP contribution in [0.5, 0.6) is 5.75 Å². The molecule has 4 nitrogen and oxygen atoms in total. The molecule has 0 amide bonds. The molecule has 2 rings (SSSR count). The Hall–Kier alpha value is -1.39. The molecule has 1 aliphatic rings.